The van der Waals surface area contributed by atoms with Crippen molar-refractivity contribution in [2.24, 2.45) is 0 Å². The predicted octanol–water partition coefficient (Wildman–Crippen LogP) is 4.96. The Morgan fingerprint density at radius 1 is 0.762 bits per heavy atom. The molecule has 0 N–H and O–H groups in total. The molecule has 103 valence electrons. The van der Waals surface area contributed by atoms with E-state index >= 15 is 0 Å². The van der Waals surface area contributed by atoms with Crippen LogP contribution in [0.25, 0.3) is 0 Å². The van der Waals surface area contributed by atoms with Crippen LogP contribution in [0.5, 0.6) is 5.75 Å². The van der Waals surface area contributed by atoms with Gasteiger partial charge in [0.25, 0.3) is 0 Å². The number of hydrogen-bond acceptors (Lipinski definition) is 1. The van der Waals surface area contributed by atoms with Crippen LogP contribution in [0.4, 0.5) is 0 Å². The van der Waals surface area contributed by atoms with Crippen molar-refractivity contribution in [2.75, 3.05) is 0 Å². The van der Waals surface area contributed by atoms with Gasteiger partial charge < -0.3 is 4.74 Å². The molecule has 0 saturated heterocycles. The molecule has 0 amide bonds. The summed E-state index contributed by atoms with van der Waals surface area (Å²) in [5, 5.41) is 0. The molecular formula is C20H17O. The van der Waals surface area contributed by atoms with Crippen LogP contribution in [0.1, 0.15) is 22.8 Å². The van der Waals surface area contributed by atoms with Gasteiger partial charge in [0.1, 0.15) is 11.9 Å². The molecule has 1 radical (unpaired) electrons. The molecule has 3 rings (SSSR count). The van der Waals surface area contributed by atoms with Gasteiger partial charge in [-0.05, 0) is 24.1 Å². The lowest BCUT2D eigenvalue weighted by molar-refractivity contribution is 0.246. The van der Waals surface area contributed by atoms with Crippen molar-refractivity contribution < 1.29 is 4.74 Å². The minimum atomic E-state index is -0.120. The topological polar surface area (TPSA) is 9.23 Å². The van der Waals surface area contributed by atoms with Crippen LogP contribution in [-0.4, -0.2) is 0 Å². The molecule has 0 aliphatic rings. The van der Waals surface area contributed by atoms with Gasteiger partial charge in [-0.2, -0.15) is 0 Å². The molecule has 0 aliphatic heterocycles. The zero-order chi connectivity index (χ0) is 14.5. The molecule has 1 heteroatoms. The first-order valence-electron chi connectivity index (χ1n) is 7.08. The Morgan fingerprint density at radius 2 is 1.43 bits per heavy atom. The number of para-hydroxylation sites is 1. The van der Waals surface area contributed by atoms with E-state index in [0.29, 0.717) is 0 Å². The monoisotopic (exact) mass is 273 g/mol. The van der Waals surface area contributed by atoms with E-state index in [2.05, 4.69) is 49.4 Å². The molecule has 0 heterocycles. The number of aryl methyl sites for hydroxylation is 1. The van der Waals surface area contributed by atoms with Crippen molar-refractivity contribution in [1.82, 2.24) is 0 Å². The quantitative estimate of drug-likeness (QED) is 0.652. The van der Waals surface area contributed by atoms with Gasteiger partial charge in [0.05, 0.1) is 0 Å². The Kier molecular flexibility index (Phi) is 4.02. The first kappa shape index (κ1) is 13.4. The molecule has 0 bridgehead atoms. The van der Waals surface area contributed by atoms with Crippen LogP contribution < -0.4 is 4.74 Å². The van der Waals surface area contributed by atoms with Crippen LogP contribution >= 0.6 is 0 Å². The Hall–Kier alpha value is -2.54. The maximum Gasteiger partial charge on any atom is 0.149 e. The largest absolute Gasteiger partial charge is 0.480 e. The summed E-state index contributed by atoms with van der Waals surface area (Å²) >= 11 is 0. The summed E-state index contributed by atoms with van der Waals surface area (Å²) in [5.74, 6) is 0.756. The smallest absolute Gasteiger partial charge is 0.149 e. The van der Waals surface area contributed by atoms with Crippen molar-refractivity contribution >= 4 is 0 Å². The van der Waals surface area contributed by atoms with Gasteiger partial charge in [0, 0.05) is 6.07 Å². The third kappa shape index (κ3) is 3.32. The minimum Gasteiger partial charge on any atom is -0.480 e. The first-order valence-corrected chi connectivity index (χ1v) is 7.08. The lowest BCUT2D eigenvalue weighted by atomic mass is 10.0. The summed E-state index contributed by atoms with van der Waals surface area (Å²) in [6, 6.07) is 29.6. The zero-order valence-corrected chi connectivity index (χ0v) is 12.0. The molecule has 3 aromatic carbocycles. The van der Waals surface area contributed by atoms with Crippen molar-refractivity contribution in [3.05, 3.63) is 102 Å². The Bertz CT molecular complexity index is 672. The molecule has 0 spiro atoms. The van der Waals surface area contributed by atoms with Gasteiger partial charge in [-0.15, -0.1) is 0 Å². The van der Waals surface area contributed by atoms with E-state index < -0.39 is 0 Å². The molecular weight excluding hydrogens is 256 g/mol. The Morgan fingerprint density at radius 3 is 2.10 bits per heavy atom. The highest BCUT2D eigenvalue weighted by Gasteiger charge is 2.15. The molecule has 0 aromatic heterocycles. The summed E-state index contributed by atoms with van der Waals surface area (Å²) < 4.78 is 6.17. The van der Waals surface area contributed by atoms with Crippen LogP contribution in [0.15, 0.2) is 78.9 Å². The number of hydrogen-bond donors (Lipinski definition) is 0. The van der Waals surface area contributed by atoms with E-state index in [0.717, 1.165) is 16.9 Å². The van der Waals surface area contributed by atoms with Gasteiger partial charge in [-0.1, -0.05) is 78.4 Å². The molecule has 21 heavy (non-hydrogen) atoms. The van der Waals surface area contributed by atoms with Crippen molar-refractivity contribution in [3.63, 3.8) is 0 Å². The van der Waals surface area contributed by atoms with Gasteiger partial charge in [-0.25, -0.2) is 0 Å². The van der Waals surface area contributed by atoms with E-state index in [1.807, 2.05) is 42.5 Å². The van der Waals surface area contributed by atoms with Gasteiger partial charge >= 0.3 is 0 Å². The van der Waals surface area contributed by atoms with Crippen LogP contribution in [-0.2, 0) is 0 Å². The summed E-state index contributed by atoms with van der Waals surface area (Å²) in [7, 11) is 0. The summed E-state index contributed by atoms with van der Waals surface area (Å²) in [6.07, 6.45) is -0.120. The Balaban J connectivity index is 1.97. The fraction of sp³-hybridized carbons (Fsp3) is 0.100. The first-order chi connectivity index (χ1) is 10.3. The molecule has 0 aliphatic carbocycles. The normalized spacial score (nSPS) is 11.9. The van der Waals surface area contributed by atoms with E-state index in [9.17, 15) is 0 Å². The highest BCUT2D eigenvalue weighted by Crippen LogP contribution is 2.28. The number of rotatable bonds is 4. The van der Waals surface area contributed by atoms with E-state index in [-0.39, 0.29) is 6.10 Å². The standard InChI is InChI=1S/C20H17O/c1-16-12-14-18(15-13-16)20(17-8-4-2-5-9-17)21-19-10-6-3-7-11-19/h2-10,12-15,20H,1H3. The van der Waals surface area contributed by atoms with Gasteiger partial charge in [-0.3, -0.25) is 0 Å². The second-order valence-corrected chi connectivity index (χ2v) is 5.05. The average molecular weight is 273 g/mol. The second-order valence-electron chi connectivity index (χ2n) is 5.05. The SMILES string of the molecule is Cc1ccc(C(Oc2[c]cccc2)c2ccccc2)cc1. The Labute approximate surface area is 125 Å². The van der Waals surface area contributed by atoms with E-state index in [1.165, 1.54) is 5.56 Å². The molecule has 3 aromatic rings. The van der Waals surface area contributed by atoms with Crippen LogP contribution in [0.2, 0.25) is 0 Å². The van der Waals surface area contributed by atoms with Crippen LogP contribution in [0.3, 0.4) is 0 Å². The maximum atomic E-state index is 6.17. The van der Waals surface area contributed by atoms with Gasteiger partial charge in [0.15, 0.2) is 0 Å². The summed E-state index contributed by atoms with van der Waals surface area (Å²) in [5.41, 5.74) is 3.53. The highest BCUT2D eigenvalue weighted by molar-refractivity contribution is 5.34. The molecule has 1 atom stereocenters. The third-order valence-electron chi connectivity index (χ3n) is 3.41. The fourth-order valence-electron chi connectivity index (χ4n) is 2.27. The predicted molar refractivity (Wildman–Crippen MR) is 85.4 cm³/mol. The van der Waals surface area contributed by atoms with Crippen molar-refractivity contribution in [2.45, 2.75) is 13.0 Å². The number of ether oxygens (including phenoxy) is 1. The molecule has 1 unspecified atom stereocenters. The van der Waals surface area contributed by atoms with Crippen molar-refractivity contribution in [1.29, 1.82) is 0 Å². The minimum absolute atomic E-state index is 0.120. The van der Waals surface area contributed by atoms with E-state index in [4.69, 9.17) is 4.74 Å². The number of benzene rings is 3. The van der Waals surface area contributed by atoms with Crippen molar-refractivity contribution in [3.8, 4) is 5.75 Å². The average Bonchev–Trinajstić information content (AvgIpc) is 2.55. The summed E-state index contributed by atoms with van der Waals surface area (Å²) in [4.78, 5) is 0. The molecule has 1 nitrogen and oxygen atoms in total. The molecule has 0 saturated carbocycles. The van der Waals surface area contributed by atoms with Crippen LogP contribution in [0, 0.1) is 13.0 Å². The maximum absolute atomic E-state index is 6.17. The lowest BCUT2D eigenvalue weighted by Crippen LogP contribution is -2.09. The highest BCUT2D eigenvalue weighted by atomic mass is 16.5. The fourth-order valence-corrected chi connectivity index (χ4v) is 2.27. The molecule has 0 fully saturated rings. The second kappa shape index (κ2) is 6.27. The lowest BCUT2D eigenvalue weighted by Gasteiger charge is -2.20. The third-order valence-corrected chi connectivity index (χ3v) is 3.41. The van der Waals surface area contributed by atoms with Gasteiger partial charge in [0.2, 0.25) is 0 Å². The van der Waals surface area contributed by atoms with E-state index in [1.54, 1.807) is 0 Å². The summed E-state index contributed by atoms with van der Waals surface area (Å²) in [6.45, 7) is 2.09. The zero-order valence-electron chi connectivity index (χ0n) is 12.0.